The summed E-state index contributed by atoms with van der Waals surface area (Å²) in [5, 5.41) is 6.30. The molecule has 0 aliphatic rings. The van der Waals surface area contributed by atoms with Crippen molar-refractivity contribution in [3.8, 4) is 5.75 Å². The molecule has 2 N–H and O–H groups in total. The smallest absolute Gasteiger partial charge is 0.338 e. The van der Waals surface area contributed by atoms with Crippen LogP contribution in [0.2, 0.25) is 0 Å². The first-order chi connectivity index (χ1) is 16.9. The number of anilines is 3. The average Bonchev–Trinajstić information content (AvgIpc) is 2.88. The number of para-hydroxylation sites is 1. The van der Waals surface area contributed by atoms with Crippen molar-refractivity contribution in [2.45, 2.75) is 13.0 Å². The fourth-order valence-electron chi connectivity index (χ4n) is 3.69. The summed E-state index contributed by atoms with van der Waals surface area (Å²) in [5.74, 6) is -0.295. The topological polar surface area (TPSA) is 101 Å². The second-order valence-corrected chi connectivity index (χ2v) is 7.94. The van der Waals surface area contributed by atoms with Gasteiger partial charge < -0.3 is 24.7 Å². The summed E-state index contributed by atoms with van der Waals surface area (Å²) < 4.78 is 10.7. The highest BCUT2D eigenvalue weighted by atomic mass is 16.5. The zero-order chi connectivity index (χ0) is 24.9. The Morgan fingerprint density at radius 3 is 2.43 bits per heavy atom. The molecule has 8 nitrogen and oxygen atoms in total. The Bertz CT molecular complexity index is 1430. The van der Waals surface area contributed by atoms with Crippen LogP contribution in [0.4, 0.5) is 17.1 Å². The van der Waals surface area contributed by atoms with Crippen LogP contribution in [0.3, 0.4) is 0 Å². The molecule has 1 heterocycles. The Hall–Kier alpha value is -4.59. The van der Waals surface area contributed by atoms with Crippen LogP contribution in [0.1, 0.15) is 17.3 Å². The molecular weight excluding hydrogens is 446 g/mol. The number of carbonyl (C=O) groups is 2. The van der Waals surface area contributed by atoms with E-state index >= 15 is 0 Å². The number of methoxy groups -OCH3 is 1. The Labute approximate surface area is 202 Å². The molecule has 8 heteroatoms. The summed E-state index contributed by atoms with van der Waals surface area (Å²) in [6.45, 7) is 1.61. The van der Waals surface area contributed by atoms with Gasteiger partial charge in [-0.1, -0.05) is 30.3 Å². The Morgan fingerprint density at radius 1 is 0.971 bits per heavy atom. The third kappa shape index (κ3) is 5.16. The Morgan fingerprint density at radius 2 is 1.69 bits per heavy atom. The minimum absolute atomic E-state index is 0.344. The van der Waals surface area contributed by atoms with Crippen molar-refractivity contribution in [3.63, 3.8) is 0 Å². The van der Waals surface area contributed by atoms with Crippen LogP contribution < -0.4 is 25.9 Å². The van der Waals surface area contributed by atoms with Crippen molar-refractivity contribution in [2.75, 3.05) is 24.4 Å². The molecule has 1 unspecified atom stereocenters. The average molecular weight is 472 g/mol. The van der Waals surface area contributed by atoms with Crippen molar-refractivity contribution in [1.29, 1.82) is 0 Å². The normalized spacial score (nSPS) is 11.5. The number of ether oxygens (including phenoxy) is 1. The van der Waals surface area contributed by atoms with Crippen molar-refractivity contribution < 1.29 is 18.7 Å². The molecule has 0 bridgehead atoms. The molecule has 1 atom stereocenters. The lowest BCUT2D eigenvalue weighted by atomic mass is 10.1. The van der Waals surface area contributed by atoms with E-state index in [0.29, 0.717) is 34.0 Å². The van der Waals surface area contributed by atoms with Crippen LogP contribution in [0.15, 0.2) is 88.1 Å². The number of hydrogen-bond donors (Lipinski definition) is 2. The first kappa shape index (κ1) is 23.6. The van der Waals surface area contributed by atoms with E-state index in [-0.39, 0.29) is 5.91 Å². The number of nitrogens with one attached hydrogen (secondary N) is 2. The zero-order valence-corrected chi connectivity index (χ0v) is 19.6. The van der Waals surface area contributed by atoms with Gasteiger partial charge in [0.05, 0.1) is 18.5 Å². The summed E-state index contributed by atoms with van der Waals surface area (Å²) in [6, 6.07) is 21.9. The minimum atomic E-state index is -0.795. The molecule has 3 aromatic carbocycles. The molecule has 0 saturated heterocycles. The summed E-state index contributed by atoms with van der Waals surface area (Å²) in [6.07, 6.45) is 0. The lowest BCUT2D eigenvalue weighted by Gasteiger charge is -2.23. The number of nitrogens with zero attached hydrogens (tertiary/aromatic N) is 1. The third-order valence-corrected chi connectivity index (χ3v) is 5.59. The highest BCUT2D eigenvalue weighted by Crippen LogP contribution is 2.34. The second-order valence-electron chi connectivity index (χ2n) is 7.94. The maximum Gasteiger partial charge on any atom is 0.338 e. The molecule has 0 spiro atoms. The van der Waals surface area contributed by atoms with Gasteiger partial charge >= 0.3 is 5.63 Å². The van der Waals surface area contributed by atoms with E-state index in [9.17, 15) is 14.4 Å². The van der Waals surface area contributed by atoms with Gasteiger partial charge in [-0.05, 0) is 49.4 Å². The van der Waals surface area contributed by atoms with Crippen LogP contribution >= 0.6 is 0 Å². The Kier molecular flexibility index (Phi) is 6.82. The van der Waals surface area contributed by atoms with Crippen molar-refractivity contribution in [3.05, 3.63) is 94.8 Å². The van der Waals surface area contributed by atoms with E-state index in [1.165, 1.54) is 13.2 Å². The Balaban J connectivity index is 1.58. The first-order valence-corrected chi connectivity index (χ1v) is 11.0. The van der Waals surface area contributed by atoms with Crippen LogP contribution in [0.25, 0.3) is 11.0 Å². The maximum atomic E-state index is 12.9. The molecule has 4 rings (SSSR count). The maximum absolute atomic E-state index is 12.9. The van der Waals surface area contributed by atoms with E-state index in [2.05, 4.69) is 10.6 Å². The number of carbonyl (C=O) groups excluding carboxylic acids is 2. The van der Waals surface area contributed by atoms with E-state index in [1.807, 2.05) is 36.2 Å². The first-order valence-electron chi connectivity index (χ1n) is 11.0. The van der Waals surface area contributed by atoms with Gasteiger partial charge in [0.25, 0.3) is 5.91 Å². The summed E-state index contributed by atoms with van der Waals surface area (Å²) in [7, 11) is 3.32. The van der Waals surface area contributed by atoms with Crippen molar-refractivity contribution in [1.82, 2.24) is 5.32 Å². The molecule has 0 radical (unpaired) electrons. The van der Waals surface area contributed by atoms with E-state index in [0.717, 1.165) is 5.39 Å². The van der Waals surface area contributed by atoms with Gasteiger partial charge in [-0.3, -0.25) is 9.59 Å². The molecule has 2 amide bonds. The van der Waals surface area contributed by atoms with Crippen LogP contribution in [-0.2, 0) is 4.79 Å². The third-order valence-electron chi connectivity index (χ3n) is 5.59. The molecule has 1 aromatic heterocycles. The number of fused-ring (bicyclic) bond motifs is 1. The molecule has 0 aliphatic heterocycles. The van der Waals surface area contributed by atoms with Crippen molar-refractivity contribution in [2.24, 2.45) is 0 Å². The largest absolute Gasteiger partial charge is 0.495 e. The van der Waals surface area contributed by atoms with Crippen LogP contribution in [-0.4, -0.2) is 32.0 Å². The lowest BCUT2D eigenvalue weighted by Crippen LogP contribution is -2.41. The SMILES string of the molecule is COc1ccc(N(C)c2cc(=O)oc3ccccc23)cc1NC(=O)C(C)NC(=O)c1ccccc1. The van der Waals surface area contributed by atoms with Gasteiger partial charge in [-0.2, -0.15) is 0 Å². The molecule has 4 aromatic rings. The van der Waals surface area contributed by atoms with E-state index in [4.69, 9.17) is 9.15 Å². The van der Waals surface area contributed by atoms with E-state index in [1.54, 1.807) is 55.5 Å². The molecule has 0 fully saturated rings. The molecule has 35 heavy (non-hydrogen) atoms. The lowest BCUT2D eigenvalue weighted by molar-refractivity contribution is -0.117. The monoisotopic (exact) mass is 471 g/mol. The summed E-state index contributed by atoms with van der Waals surface area (Å²) >= 11 is 0. The van der Waals surface area contributed by atoms with Crippen LogP contribution in [0, 0.1) is 0 Å². The highest BCUT2D eigenvalue weighted by Gasteiger charge is 2.19. The zero-order valence-electron chi connectivity index (χ0n) is 19.6. The second kappa shape index (κ2) is 10.1. The van der Waals surface area contributed by atoms with Gasteiger partial charge in [0, 0.05) is 29.8 Å². The minimum Gasteiger partial charge on any atom is -0.495 e. The molecule has 0 aliphatic carbocycles. The van der Waals surface area contributed by atoms with Gasteiger partial charge in [-0.15, -0.1) is 0 Å². The molecular formula is C27H25N3O5. The fraction of sp³-hybridized carbons (Fsp3) is 0.148. The van der Waals surface area contributed by atoms with Gasteiger partial charge in [0.15, 0.2) is 0 Å². The number of benzene rings is 3. The standard InChI is InChI=1S/C27H25N3O5/c1-17(28-27(33)18-9-5-4-6-10-18)26(32)29-21-15-19(13-14-24(21)34-3)30(2)22-16-25(31)35-23-12-8-7-11-20(22)23/h4-17H,1-3H3,(H,28,33)(H,29,32). The predicted molar refractivity (Wildman–Crippen MR) is 136 cm³/mol. The van der Waals surface area contributed by atoms with Gasteiger partial charge in [-0.25, -0.2) is 4.79 Å². The molecule has 178 valence electrons. The number of hydrogen-bond acceptors (Lipinski definition) is 6. The fourth-order valence-corrected chi connectivity index (χ4v) is 3.69. The van der Waals surface area contributed by atoms with Gasteiger partial charge in [0.2, 0.25) is 5.91 Å². The quantitative estimate of drug-likeness (QED) is 0.389. The predicted octanol–water partition coefficient (Wildman–Crippen LogP) is 4.33. The number of amides is 2. The number of rotatable bonds is 7. The summed E-state index contributed by atoms with van der Waals surface area (Å²) in [5.41, 5.74) is 2.27. The van der Waals surface area contributed by atoms with Crippen LogP contribution in [0.5, 0.6) is 5.75 Å². The van der Waals surface area contributed by atoms with Gasteiger partial charge in [0.1, 0.15) is 17.4 Å². The van der Waals surface area contributed by atoms with E-state index < -0.39 is 17.6 Å². The highest BCUT2D eigenvalue weighted by molar-refractivity contribution is 6.02. The summed E-state index contributed by atoms with van der Waals surface area (Å²) in [4.78, 5) is 39.2. The van der Waals surface area contributed by atoms with Crippen molar-refractivity contribution >= 4 is 39.8 Å². The molecule has 0 saturated carbocycles.